The van der Waals surface area contributed by atoms with Gasteiger partial charge in [-0.15, -0.1) is 0 Å². The van der Waals surface area contributed by atoms with Crippen molar-refractivity contribution in [2.45, 2.75) is 46.8 Å². The van der Waals surface area contributed by atoms with Gasteiger partial charge < -0.3 is 10.1 Å². The third kappa shape index (κ3) is 4.08. The molecule has 1 unspecified atom stereocenters. The van der Waals surface area contributed by atoms with Gasteiger partial charge in [-0.2, -0.15) is 10.2 Å². The van der Waals surface area contributed by atoms with Crippen LogP contribution < -0.4 is 10.1 Å². The van der Waals surface area contributed by atoms with Gasteiger partial charge in [0.05, 0.1) is 24.5 Å². The molecule has 1 atom stereocenters. The molecule has 0 saturated carbocycles. The quantitative estimate of drug-likeness (QED) is 0.480. The van der Waals surface area contributed by atoms with Gasteiger partial charge in [-0.05, 0) is 57.0 Å². The van der Waals surface area contributed by atoms with Crippen LogP contribution in [0.4, 0.5) is 0 Å². The first-order valence-electron chi connectivity index (χ1n) is 10.7. The van der Waals surface area contributed by atoms with E-state index in [-0.39, 0.29) is 18.5 Å². The third-order valence-corrected chi connectivity index (χ3v) is 5.65. The Hall–Kier alpha value is -3.68. The number of fused-ring (bicyclic) bond motifs is 1. The molecule has 1 amide bonds. The maximum atomic E-state index is 12.8. The number of aryl methyl sites for hydroxylation is 3. The lowest BCUT2D eigenvalue weighted by Crippen LogP contribution is -2.30. The van der Waals surface area contributed by atoms with Crippen LogP contribution in [0.1, 0.15) is 36.8 Å². The number of aromatic nitrogens is 5. The summed E-state index contributed by atoms with van der Waals surface area (Å²) < 4.78 is 8.81. The van der Waals surface area contributed by atoms with Crippen LogP contribution in [0, 0.1) is 13.8 Å². The number of carbonyl (C=O) groups excluding carboxylic acids is 1. The summed E-state index contributed by atoms with van der Waals surface area (Å²) in [5, 5.41) is 13.1. The monoisotopic (exact) mass is 432 g/mol. The van der Waals surface area contributed by atoms with Crippen molar-refractivity contribution in [2.75, 3.05) is 7.11 Å². The number of benzene rings is 1. The molecule has 0 saturated heterocycles. The molecule has 0 aliphatic heterocycles. The van der Waals surface area contributed by atoms with Crippen LogP contribution in [0.2, 0.25) is 0 Å². The normalized spacial score (nSPS) is 12.2. The molecule has 1 N–H and O–H groups in total. The molecule has 0 aliphatic rings. The van der Waals surface area contributed by atoms with Crippen molar-refractivity contribution in [3.63, 3.8) is 0 Å². The van der Waals surface area contributed by atoms with Crippen molar-refractivity contribution in [2.24, 2.45) is 0 Å². The highest BCUT2D eigenvalue weighted by Crippen LogP contribution is 2.31. The fraction of sp³-hybridized carbons (Fsp3) is 0.333. The number of nitrogens with one attached hydrogen (secondary N) is 1. The Morgan fingerprint density at radius 2 is 1.88 bits per heavy atom. The minimum Gasteiger partial charge on any atom is -0.497 e. The highest BCUT2D eigenvalue weighted by Gasteiger charge is 2.18. The zero-order valence-corrected chi connectivity index (χ0v) is 19.1. The Morgan fingerprint density at radius 1 is 1.12 bits per heavy atom. The van der Waals surface area contributed by atoms with Gasteiger partial charge in [-0.25, -0.2) is 9.67 Å². The lowest BCUT2D eigenvalue weighted by molar-refractivity contribution is -0.122. The Labute approximate surface area is 187 Å². The van der Waals surface area contributed by atoms with Crippen molar-refractivity contribution < 1.29 is 9.53 Å². The van der Waals surface area contributed by atoms with Crippen LogP contribution >= 0.6 is 0 Å². The first-order valence-corrected chi connectivity index (χ1v) is 10.7. The summed E-state index contributed by atoms with van der Waals surface area (Å²) in [7, 11) is 1.65. The Bertz CT molecular complexity index is 1260. The molecule has 3 heterocycles. The van der Waals surface area contributed by atoms with Crippen molar-refractivity contribution >= 4 is 16.9 Å². The number of rotatable bonds is 7. The smallest absolute Gasteiger partial charge is 0.242 e. The fourth-order valence-electron chi connectivity index (χ4n) is 4.02. The summed E-state index contributed by atoms with van der Waals surface area (Å²) in [6, 6.07) is 9.71. The van der Waals surface area contributed by atoms with Crippen LogP contribution in [-0.2, 0) is 17.9 Å². The van der Waals surface area contributed by atoms with E-state index < -0.39 is 0 Å². The molecule has 32 heavy (non-hydrogen) atoms. The highest BCUT2D eigenvalue weighted by atomic mass is 16.5. The van der Waals surface area contributed by atoms with Crippen molar-refractivity contribution in [3.05, 3.63) is 59.7 Å². The minimum absolute atomic E-state index is 0.0920. The van der Waals surface area contributed by atoms with Gasteiger partial charge in [0.1, 0.15) is 12.3 Å². The molecule has 166 valence electrons. The van der Waals surface area contributed by atoms with Crippen LogP contribution in [-0.4, -0.2) is 37.6 Å². The van der Waals surface area contributed by atoms with Crippen LogP contribution in [0.15, 0.2) is 42.7 Å². The van der Waals surface area contributed by atoms with E-state index in [2.05, 4.69) is 20.5 Å². The number of methoxy groups -OCH3 is 1. The number of amides is 1. The Kier molecular flexibility index (Phi) is 5.94. The molecule has 3 aromatic heterocycles. The van der Waals surface area contributed by atoms with Crippen LogP contribution in [0.25, 0.3) is 22.2 Å². The molecular formula is C24H28N6O2. The standard InChI is InChI=1S/C24H28N6O2/c1-6-29-13-21(16(3)27-29)15(2)26-22(31)14-30-24-23(17(4)28-30)20(11-12-25-24)18-7-9-19(32-5)10-8-18/h7-13,15H,6,14H2,1-5H3,(H,26,31). The van der Waals surface area contributed by atoms with E-state index in [1.165, 1.54) is 0 Å². The number of pyridine rings is 1. The zero-order valence-electron chi connectivity index (χ0n) is 19.1. The summed E-state index contributed by atoms with van der Waals surface area (Å²) in [6.07, 6.45) is 3.74. The molecule has 8 nitrogen and oxygen atoms in total. The van der Waals surface area contributed by atoms with Gasteiger partial charge in [0, 0.05) is 29.9 Å². The van der Waals surface area contributed by atoms with E-state index in [1.807, 2.05) is 68.9 Å². The largest absolute Gasteiger partial charge is 0.497 e. The average molecular weight is 433 g/mol. The van der Waals surface area contributed by atoms with Crippen molar-refractivity contribution in [1.82, 2.24) is 29.9 Å². The minimum atomic E-state index is -0.145. The molecule has 0 spiro atoms. The summed E-state index contributed by atoms with van der Waals surface area (Å²) >= 11 is 0. The molecule has 0 aliphatic carbocycles. The second-order valence-electron chi connectivity index (χ2n) is 7.84. The van der Waals surface area contributed by atoms with Crippen LogP contribution in [0.3, 0.4) is 0 Å². The topological polar surface area (TPSA) is 86.9 Å². The number of carbonyl (C=O) groups is 1. The molecule has 4 rings (SSSR count). The van der Waals surface area contributed by atoms with Crippen molar-refractivity contribution in [3.8, 4) is 16.9 Å². The second-order valence-corrected chi connectivity index (χ2v) is 7.84. The van der Waals surface area contributed by atoms with E-state index in [4.69, 9.17) is 4.74 Å². The Balaban J connectivity index is 1.58. The number of ether oxygens (including phenoxy) is 1. The van der Waals surface area contributed by atoms with Gasteiger partial charge in [-0.3, -0.25) is 9.48 Å². The molecule has 0 bridgehead atoms. The number of hydrogen-bond donors (Lipinski definition) is 1. The molecular weight excluding hydrogens is 404 g/mol. The summed E-state index contributed by atoms with van der Waals surface area (Å²) in [4.78, 5) is 17.3. The van der Waals surface area contributed by atoms with Gasteiger partial charge in [0.2, 0.25) is 5.91 Å². The van der Waals surface area contributed by atoms with E-state index >= 15 is 0 Å². The van der Waals surface area contributed by atoms with Crippen molar-refractivity contribution in [1.29, 1.82) is 0 Å². The second kappa shape index (κ2) is 8.82. The van der Waals surface area contributed by atoms with E-state index in [1.54, 1.807) is 18.0 Å². The van der Waals surface area contributed by atoms with Gasteiger partial charge in [0.15, 0.2) is 5.65 Å². The Morgan fingerprint density at radius 3 is 2.53 bits per heavy atom. The van der Waals surface area contributed by atoms with E-state index in [0.29, 0.717) is 5.65 Å². The molecule has 4 aromatic rings. The van der Waals surface area contributed by atoms with E-state index in [9.17, 15) is 4.79 Å². The highest BCUT2D eigenvalue weighted by molar-refractivity contribution is 5.95. The predicted octanol–water partition coefficient (Wildman–Crippen LogP) is 3.82. The molecule has 0 fully saturated rings. The predicted molar refractivity (Wildman–Crippen MR) is 123 cm³/mol. The van der Waals surface area contributed by atoms with Crippen LogP contribution in [0.5, 0.6) is 5.75 Å². The van der Waals surface area contributed by atoms with Gasteiger partial charge >= 0.3 is 0 Å². The number of hydrogen-bond acceptors (Lipinski definition) is 5. The van der Waals surface area contributed by atoms with Gasteiger partial charge in [-0.1, -0.05) is 12.1 Å². The maximum absolute atomic E-state index is 12.8. The molecule has 8 heteroatoms. The lowest BCUT2D eigenvalue weighted by atomic mass is 10.0. The zero-order chi connectivity index (χ0) is 22.8. The SMILES string of the molecule is CCn1cc(C(C)NC(=O)Cn2nc(C)c3c(-c4ccc(OC)cc4)ccnc32)c(C)n1. The first kappa shape index (κ1) is 21.5. The number of nitrogens with zero attached hydrogens (tertiary/aromatic N) is 5. The maximum Gasteiger partial charge on any atom is 0.242 e. The van der Waals surface area contributed by atoms with E-state index in [0.717, 1.165) is 45.8 Å². The lowest BCUT2D eigenvalue weighted by Gasteiger charge is -2.13. The third-order valence-electron chi connectivity index (χ3n) is 5.65. The summed E-state index contributed by atoms with van der Waals surface area (Å²) in [5.74, 6) is 0.680. The average Bonchev–Trinajstić information content (AvgIpc) is 3.33. The molecule has 1 aromatic carbocycles. The van der Waals surface area contributed by atoms with Gasteiger partial charge in [0.25, 0.3) is 0 Å². The molecule has 0 radical (unpaired) electrons. The summed E-state index contributed by atoms with van der Waals surface area (Å²) in [5.41, 5.74) is 5.53. The fourth-order valence-corrected chi connectivity index (χ4v) is 4.02. The summed E-state index contributed by atoms with van der Waals surface area (Å²) in [6.45, 7) is 8.79. The first-order chi connectivity index (χ1) is 15.4.